The van der Waals surface area contributed by atoms with E-state index in [-0.39, 0.29) is 0 Å². The van der Waals surface area contributed by atoms with Gasteiger partial charge in [-0.1, -0.05) is 25.0 Å². The highest BCUT2D eigenvalue weighted by molar-refractivity contribution is 5.28. The van der Waals surface area contributed by atoms with Crippen LogP contribution in [0.25, 0.3) is 0 Å². The molecule has 1 aliphatic rings. The molecule has 1 atom stereocenters. The van der Waals surface area contributed by atoms with Gasteiger partial charge in [-0.2, -0.15) is 0 Å². The van der Waals surface area contributed by atoms with Crippen LogP contribution in [0.4, 0.5) is 0 Å². The number of benzene rings is 1. The molecule has 1 aliphatic carbocycles. The molecular formula is C14H21NO. The van der Waals surface area contributed by atoms with Crippen LogP contribution in [-0.4, -0.2) is 11.7 Å². The second kappa shape index (κ2) is 5.35. The predicted molar refractivity (Wildman–Crippen MR) is 66.5 cm³/mol. The molecule has 1 unspecified atom stereocenters. The van der Waals surface area contributed by atoms with Crippen molar-refractivity contribution in [3.05, 3.63) is 29.8 Å². The van der Waals surface area contributed by atoms with Gasteiger partial charge in [0.15, 0.2) is 0 Å². The van der Waals surface area contributed by atoms with Gasteiger partial charge < -0.3 is 10.4 Å². The molecule has 0 spiro atoms. The fourth-order valence-electron chi connectivity index (χ4n) is 2.03. The van der Waals surface area contributed by atoms with Crippen LogP contribution in [0.5, 0.6) is 5.75 Å². The molecule has 88 valence electrons. The average molecular weight is 219 g/mol. The molecule has 2 nitrogen and oxygen atoms in total. The Kier molecular flexibility index (Phi) is 3.83. The van der Waals surface area contributed by atoms with Crippen molar-refractivity contribution in [1.29, 1.82) is 0 Å². The van der Waals surface area contributed by atoms with E-state index in [1.165, 1.54) is 25.7 Å². The highest BCUT2D eigenvalue weighted by atomic mass is 16.3. The van der Waals surface area contributed by atoms with Crippen LogP contribution < -0.4 is 5.32 Å². The van der Waals surface area contributed by atoms with Crippen LogP contribution in [0.2, 0.25) is 0 Å². The van der Waals surface area contributed by atoms with Crippen LogP contribution in [0.1, 0.15) is 44.2 Å². The Morgan fingerprint density at radius 1 is 1.44 bits per heavy atom. The highest BCUT2D eigenvalue weighted by Crippen LogP contribution is 2.33. The SMILES string of the molecule is CC(NCCCC1CC1)c1cccc(O)c1. The zero-order valence-electron chi connectivity index (χ0n) is 9.95. The summed E-state index contributed by atoms with van der Waals surface area (Å²) in [5.74, 6) is 1.38. The Labute approximate surface area is 97.7 Å². The summed E-state index contributed by atoms with van der Waals surface area (Å²) >= 11 is 0. The van der Waals surface area contributed by atoms with Gasteiger partial charge in [-0.15, -0.1) is 0 Å². The second-order valence-electron chi connectivity index (χ2n) is 4.86. The van der Waals surface area contributed by atoms with Gasteiger partial charge in [0.1, 0.15) is 5.75 Å². The quantitative estimate of drug-likeness (QED) is 0.720. The molecule has 16 heavy (non-hydrogen) atoms. The van der Waals surface area contributed by atoms with Crippen molar-refractivity contribution in [2.45, 2.75) is 38.6 Å². The van der Waals surface area contributed by atoms with Gasteiger partial charge in [0, 0.05) is 6.04 Å². The van der Waals surface area contributed by atoms with E-state index in [0.29, 0.717) is 11.8 Å². The summed E-state index contributed by atoms with van der Waals surface area (Å²) in [6.07, 6.45) is 5.54. The molecule has 1 aromatic carbocycles. The topological polar surface area (TPSA) is 32.3 Å². The largest absolute Gasteiger partial charge is 0.508 e. The molecule has 0 radical (unpaired) electrons. The van der Waals surface area contributed by atoms with Gasteiger partial charge in [0.25, 0.3) is 0 Å². The van der Waals surface area contributed by atoms with Gasteiger partial charge in [0.2, 0.25) is 0 Å². The fourth-order valence-corrected chi connectivity index (χ4v) is 2.03. The van der Waals surface area contributed by atoms with Crippen LogP contribution in [-0.2, 0) is 0 Å². The smallest absolute Gasteiger partial charge is 0.115 e. The molecule has 1 aromatic rings. The first kappa shape index (κ1) is 11.5. The molecule has 1 saturated carbocycles. The lowest BCUT2D eigenvalue weighted by molar-refractivity contribution is 0.471. The molecule has 0 aromatic heterocycles. The molecule has 0 aliphatic heterocycles. The average Bonchev–Trinajstić information content (AvgIpc) is 3.08. The third kappa shape index (κ3) is 3.53. The lowest BCUT2D eigenvalue weighted by Crippen LogP contribution is -2.19. The van der Waals surface area contributed by atoms with E-state index in [0.717, 1.165) is 18.0 Å². The van der Waals surface area contributed by atoms with Crippen LogP contribution in [0.3, 0.4) is 0 Å². The number of aromatic hydroxyl groups is 1. The Morgan fingerprint density at radius 2 is 2.25 bits per heavy atom. The number of hydrogen-bond donors (Lipinski definition) is 2. The molecule has 2 heteroatoms. The number of phenolic OH excluding ortho intramolecular Hbond substituents is 1. The Morgan fingerprint density at radius 3 is 2.94 bits per heavy atom. The zero-order chi connectivity index (χ0) is 11.4. The van der Waals surface area contributed by atoms with Gasteiger partial charge in [-0.25, -0.2) is 0 Å². The van der Waals surface area contributed by atoms with Crippen LogP contribution in [0.15, 0.2) is 24.3 Å². The lowest BCUT2D eigenvalue weighted by atomic mass is 10.1. The van der Waals surface area contributed by atoms with Crippen LogP contribution in [0, 0.1) is 5.92 Å². The molecule has 0 heterocycles. The maximum Gasteiger partial charge on any atom is 0.115 e. The molecular weight excluding hydrogens is 198 g/mol. The van der Waals surface area contributed by atoms with Crippen molar-refractivity contribution in [2.24, 2.45) is 5.92 Å². The van der Waals surface area contributed by atoms with Crippen molar-refractivity contribution >= 4 is 0 Å². The summed E-state index contributed by atoms with van der Waals surface area (Å²) < 4.78 is 0. The van der Waals surface area contributed by atoms with Crippen molar-refractivity contribution in [3.63, 3.8) is 0 Å². The molecule has 0 bridgehead atoms. The minimum absolute atomic E-state index is 0.325. The normalized spacial score (nSPS) is 17.3. The molecule has 1 fully saturated rings. The standard InChI is InChI=1S/C14H21NO/c1-11(13-5-2-6-14(16)10-13)15-9-3-4-12-7-8-12/h2,5-6,10-12,15-16H,3-4,7-9H2,1H3. The van der Waals surface area contributed by atoms with Gasteiger partial charge in [-0.05, 0) is 49.9 Å². The lowest BCUT2D eigenvalue weighted by Gasteiger charge is -2.14. The summed E-state index contributed by atoms with van der Waals surface area (Å²) in [6.45, 7) is 3.22. The first-order chi connectivity index (χ1) is 7.75. The minimum atomic E-state index is 0.325. The summed E-state index contributed by atoms with van der Waals surface area (Å²) in [6, 6.07) is 7.82. The zero-order valence-corrected chi connectivity index (χ0v) is 9.95. The minimum Gasteiger partial charge on any atom is -0.508 e. The maximum absolute atomic E-state index is 9.39. The third-order valence-electron chi connectivity index (χ3n) is 3.31. The highest BCUT2D eigenvalue weighted by Gasteiger charge is 2.20. The molecule has 2 rings (SSSR count). The van der Waals surface area contributed by atoms with Gasteiger partial charge in [0.05, 0.1) is 0 Å². The Bertz CT molecular complexity index is 333. The Hall–Kier alpha value is -1.02. The van der Waals surface area contributed by atoms with Gasteiger partial charge >= 0.3 is 0 Å². The number of rotatable bonds is 6. The van der Waals surface area contributed by atoms with Gasteiger partial charge in [-0.3, -0.25) is 0 Å². The maximum atomic E-state index is 9.39. The number of nitrogens with one attached hydrogen (secondary N) is 1. The monoisotopic (exact) mass is 219 g/mol. The van der Waals surface area contributed by atoms with E-state index < -0.39 is 0 Å². The summed E-state index contributed by atoms with van der Waals surface area (Å²) in [5.41, 5.74) is 1.16. The molecule has 2 N–H and O–H groups in total. The first-order valence-corrected chi connectivity index (χ1v) is 6.28. The van der Waals surface area contributed by atoms with E-state index in [1.54, 1.807) is 6.07 Å². The van der Waals surface area contributed by atoms with Crippen molar-refractivity contribution in [2.75, 3.05) is 6.54 Å². The van der Waals surface area contributed by atoms with E-state index in [4.69, 9.17) is 0 Å². The Balaban J connectivity index is 1.71. The summed E-state index contributed by atoms with van der Waals surface area (Å²) in [4.78, 5) is 0. The number of hydrogen-bond acceptors (Lipinski definition) is 2. The summed E-state index contributed by atoms with van der Waals surface area (Å²) in [7, 11) is 0. The van der Waals surface area contributed by atoms with E-state index in [9.17, 15) is 5.11 Å². The second-order valence-corrected chi connectivity index (χ2v) is 4.86. The first-order valence-electron chi connectivity index (χ1n) is 6.28. The van der Waals surface area contributed by atoms with E-state index in [2.05, 4.69) is 18.3 Å². The molecule has 0 amide bonds. The summed E-state index contributed by atoms with van der Waals surface area (Å²) in [5, 5.41) is 12.9. The fraction of sp³-hybridized carbons (Fsp3) is 0.571. The number of phenols is 1. The van der Waals surface area contributed by atoms with E-state index in [1.807, 2.05) is 12.1 Å². The third-order valence-corrected chi connectivity index (χ3v) is 3.31. The van der Waals surface area contributed by atoms with Crippen molar-refractivity contribution in [1.82, 2.24) is 5.32 Å². The van der Waals surface area contributed by atoms with Crippen LogP contribution >= 0.6 is 0 Å². The van der Waals surface area contributed by atoms with Crippen molar-refractivity contribution in [3.8, 4) is 5.75 Å². The van der Waals surface area contributed by atoms with E-state index >= 15 is 0 Å². The van der Waals surface area contributed by atoms with Crippen molar-refractivity contribution < 1.29 is 5.11 Å². The predicted octanol–water partition coefficient (Wildman–Crippen LogP) is 3.23. The molecule has 0 saturated heterocycles.